The summed E-state index contributed by atoms with van der Waals surface area (Å²) in [6.07, 6.45) is 1.47. The Labute approximate surface area is 251 Å². The van der Waals surface area contributed by atoms with Gasteiger partial charge in [0.15, 0.2) is 0 Å². The van der Waals surface area contributed by atoms with Crippen LogP contribution in [0, 0.1) is 0 Å². The molecule has 1 aromatic carbocycles. The van der Waals surface area contributed by atoms with E-state index in [4.69, 9.17) is 14.3 Å². The highest BCUT2D eigenvalue weighted by molar-refractivity contribution is 6.76. The lowest BCUT2D eigenvalue weighted by Gasteiger charge is -2.16. The van der Waals surface area contributed by atoms with Gasteiger partial charge in [0.2, 0.25) is 0 Å². The van der Waals surface area contributed by atoms with E-state index >= 15 is 0 Å². The molecule has 1 aromatic rings. The molecule has 11 nitrogen and oxygen atoms in total. The summed E-state index contributed by atoms with van der Waals surface area (Å²) in [5, 5.41) is 6.04. The fourth-order valence-corrected chi connectivity index (χ4v) is 5.36. The smallest absolute Gasteiger partial charge is 0.407 e. The van der Waals surface area contributed by atoms with Crippen LogP contribution < -0.4 is 10.6 Å². The molecule has 2 rings (SSSR count). The van der Waals surface area contributed by atoms with Crippen LogP contribution in [0.25, 0.3) is 0 Å². The lowest BCUT2D eigenvalue weighted by molar-refractivity contribution is -0.172. The molecule has 2 N–H and O–H groups in total. The molecule has 1 fully saturated rings. The molecule has 1 aliphatic rings. The molecule has 0 unspecified atom stereocenters. The number of rotatable bonds is 16. The Bertz CT molecular complexity index is 1040. The van der Waals surface area contributed by atoms with E-state index in [2.05, 4.69) is 49.9 Å². The van der Waals surface area contributed by atoms with Gasteiger partial charge in [-0.25, -0.2) is 14.4 Å². The van der Waals surface area contributed by atoms with E-state index in [1.165, 1.54) is 0 Å². The number of aryl methyl sites for hydroxylation is 2. The lowest BCUT2D eigenvalue weighted by Crippen LogP contribution is -2.32. The first-order valence-corrected chi connectivity index (χ1v) is 22.1. The van der Waals surface area contributed by atoms with Crippen LogP contribution in [0.4, 0.5) is 9.59 Å². The van der Waals surface area contributed by atoms with Crippen molar-refractivity contribution >= 4 is 46.1 Å². The molecular formula is C29H47N3O8Si2. The van der Waals surface area contributed by atoms with Gasteiger partial charge < -0.3 is 24.9 Å². The molecule has 1 heterocycles. The van der Waals surface area contributed by atoms with E-state index in [1.807, 2.05) is 6.07 Å². The minimum atomic E-state index is -1.28. The second-order valence-corrected chi connectivity index (χ2v) is 24.2. The molecule has 0 aliphatic carbocycles. The van der Waals surface area contributed by atoms with Crippen molar-refractivity contribution in [1.29, 1.82) is 0 Å². The second kappa shape index (κ2) is 16.4. The van der Waals surface area contributed by atoms with E-state index in [9.17, 15) is 24.0 Å². The topological polar surface area (TPSA) is 140 Å². The van der Waals surface area contributed by atoms with Gasteiger partial charge in [0, 0.05) is 42.1 Å². The highest BCUT2D eigenvalue weighted by Crippen LogP contribution is 2.18. The van der Waals surface area contributed by atoms with Gasteiger partial charge >= 0.3 is 18.2 Å². The number of amides is 4. The predicted octanol–water partition coefficient (Wildman–Crippen LogP) is 4.90. The van der Waals surface area contributed by atoms with Crippen molar-refractivity contribution in [2.45, 2.75) is 89.9 Å². The molecule has 0 atom stereocenters. The lowest BCUT2D eigenvalue weighted by atomic mass is 9.99. The number of nitrogens with one attached hydrogen (secondary N) is 2. The summed E-state index contributed by atoms with van der Waals surface area (Å²) in [5.41, 5.74) is 1.89. The van der Waals surface area contributed by atoms with Crippen molar-refractivity contribution in [3.8, 4) is 0 Å². The van der Waals surface area contributed by atoms with Crippen molar-refractivity contribution in [1.82, 2.24) is 15.7 Å². The Hall–Kier alpha value is -3.20. The third kappa shape index (κ3) is 14.1. The van der Waals surface area contributed by atoms with E-state index in [0.717, 1.165) is 23.2 Å². The van der Waals surface area contributed by atoms with E-state index in [1.54, 1.807) is 12.1 Å². The number of benzene rings is 1. The van der Waals surface area contributed by atoms with E-state index in [0.29, 0.717) is 57.0 Å². The summed E-state index contributed by atoms with van der Waals surface area (Å²) in [6, 6.07) is 7.09. The molecule has 0 spiro atoms. The van der Waals surface area contributed by atoms with Crippen LogP contribution >= 0.6 is 0 Å². The largest absolute Gasteiger partial charge is 0.450 e. The minimum absolute atomic E-state index is 0.0125. The molecule has 0 radical (unpaired) electrons. The molecule has 42 heavy (non-hydrogen) atoms. The maximum absolute atomic E-state index is 12.9. The third-order valence-corrected chi connectivity index (χ3v) is 9.87. The number of nitrogens with zero attached hydrogens (tertiary/aromatic N) is 1. The highest BCUT2D eigenvalue weighted by Gasteiger charge is 2.33. The van der Waals surface area contributed by atoms with Gasteiger partial charge in [-0.15, -0.1) is 5.06 Å². The number of imide groups is 1. The Balaban J connectivity index is 1.94. The monoisotopic (exact) mass is 621 g/mol. The molecule has 0 saturated carbocycles. The van der Waals surface area contributed by atoms with Crippen molar-refractivity contribution in [3.63, 3.8) is 0 Å². The Morgan fingerprint density at radius 1 is 0.738 bits per heavy atom. The Kier molecular flexibility index (Phi) is 13.7. The Morgan fingerprint density at radius 3 is 1.57 bits per heavy atom. The molecule has 4 amide bonds. The zero-order valence-electron chi connectivity index (χ0n) is 25.9. The summed E-state index contributed by atoms with van der Waals surface area (Å²) < 4.78 is 10.5. The van der Waals surface area contributed by atoms with Crippen LogP contribution in [0.2, 0.25) is 51.4 Å². The first-order valence-electron chi connectivity index (χ1n) is 14.7. The third-order valence-electron chi connectivity index (χ3n) is 6.46. The average Bonchev–Trinajstić information content (AvgIpc) is 3.19. The molecular weight excluding hydrogens is 575 g/mol. The van der Waals surface area contributed by atoms with Gasteiger partial charge in [-0.3, -0.25) is 9.59 Å². The van der Waals surface area contributed by atoms with Crippen LogP contribution in [0.15, 0.2) is 18.2 Å². The first kappa shape index (κ1) is 35.0. The van der Waals surface area contributed by atoms with Gasteiger partial charge in [0.1, 0.15) is 0 Å². The summed E-state index contributed by atoms with van der Waals surface area (Å²) >= 11 is 0. The van der Waals surface area contributed by atoms with E-state index < -0.39 is 46.1 Å². The Morgan fingerprint density at radius 2 is 1.17 bits per heavy atom. The van der Waals surface area contributed by atoms with Crippen LogP contribution in [0.1, 0.15) is 47.2 Å². The van der Waals surface area contributed by atoms with Crippen LogP contribution in [-0.2, 0) is 36.7 Å². The molecule has 234 valence electrons. The van der Waals surface area contributed by atoms with Crippen LogP contribution in [0.3, 0.4) is 0 Å². The second-order valence-electron chi connectivity index (χ2n) is 13.0. The number of carbonyl (C=O) groups excluding carboxylic acids is 5. The van der Waals surface area contributed by atoms with Crippen molar-refractivity contribution in [2.75, 3.05) is 26.3 Å². The van der Waals surface area contributed by atoms with Gasteiger partial charge in [-0.05, 0) is 61.0 Å². The highest BCUT2D eigenvalue weighted by atomic mass is 28.3. The summed E-state index contributed by atoms with van der Waals surface area (Å²) in [4.78, 5) is 65.8. The molecule has 0 bridgehead atoms. The van der Waals surface area contributed by atoms with Gasteiger partial charge in [-0.2, -0.15) is 0 Å². The molecule has 13 heteroatoms. The summed E-state index contributed by atoms with van der Waals surface area (Å²) in [6.45, 7) is 14.9. The minimum Gasteiger partial charge on any atom is -0.450 e. The van der Waals surface area contributed by atoms with Crippen molar-refractivity contribution in [2.24, 2.45) is 0 Å². The molecule has 1 saturated heterocycles. The number of hydroxylamine groups is 2. The number of ether oxygens (including phenoxy) is 2. The van der Waals surface area contributed by atoms with E-state index in [-0.39, 0.29) is 18.4 Å². The van der Waals surface area contributed by atoms with Gasteiger partial charge in [-0.1, -0.05) is 45.3 Å². The zero-order chi connectivity index (χ0) is 31.3. The maximum Gasteiger partial charge on any atom is 0.407 e. The number of alkyl carbamates (subject to hydrolysis) is 2. The summed E-state index contributed by atoms with van der Waals surface area (Å²) in [7, 11) is -2.57. The fourth-order valence-electron chi connectivity index (χ4n) is 3.93. The van der Waals surface area contributed by atoms with Crippen molar-refractivity contribution in [3.05, 3.63) is 34.9 Å². The first-order chi connectivity index (χ1) is 19.6. The van der Waals surface area contributed by atoms with Gasteiger partial charge in [0.25, 0.3) is 11.8 Å². The molecule has 1 aliphatic heterocycles. The molecule has 0 aromatic heterocycles. The fraction of sp³-hybridized carbons (Fsp3) is 0.621. The number of hydrogen-bond acceptors (Lipinski definition) is 8. The predicted molar refractivity (Wildman–Crippen MR) is 165 cm³/mol. The quantitative estimate of drug-likeness (QED) is 0.151. The number of hydrogen-bond donors (Lipinski definition) is 2. The van der Waals surface area contributed by atoms with Gasteiger partial charge in [0.05, 0.1) is 18.8 Å². The maximum atomic E-state index is 12.9. The van der Waals surface area contributed by atoms with Crippen LogP contribution in [0.5, 0.6) is 0 Å². The van der Waals surface area contributed by atoms with Crippen molar-refractivity contribution < 1.29 is 38.3 Å². The standard InChI is InChI=1S/C29H47N3O8Si2/c1-41(2,3)17-15-38-28(36)30-13-7-9-22-19-23(10-8-14-31-29(37)39-16-18-42(4,5)6)21-24(20-22)27(35)40-32-25(33)11-12-26(32)34/h19-21H,7-18H2,1-6H3,(H,30,36)(H,31,37). The zero-order valence-corrected chi connectivity index (χ0v) is 27.9. The summed E-state index contributed by atoms with van der Waals surface area (Å²) in [5.74, 6) is -1.89. The normalized spacial score (nSPS) is 13.6. The SMILES string of the molecule is C[Si](C)(C)CCOC(=O)NCCCc1cc(CCCNC(=O)OCC[Si](C)(C)C)cc(C(=O)ON2C(=O)CCC2=O)c1. The average molecular weight is 622 g/mol. The number of carbonyl (C=O) groups is 5. The van der Waals surface area contributed by atoms with Crippen LogP contribution in [-0.4, -0.2) is 77.5 Å².